The van der Waals surface area contributed by atoms with Crippen LogP contribution in [0.1, 0.15) is 11.1 Å². The minimum Gasteiger partial charge on any atom is -0.115 e. The van der Waals surface area contributed by atoms with Gasteiger partial charge in [0.2, 0.25) is 0 Å². The molecular formula is C9H5Cl2. The minimum absolute atomic E-state index is 0.477. The highest BCUT2D eigenvalue weighted by molar-refractivity contribution is 6.35. The van der Waals surface area contributed by atoms with Crippen LogP contribution in [0.25, 0.3) is 0 Å². The molecular weight excluding hydrogens is 179 g/mol. The highest BCUT2D eigenvalue weighted by Gasteiger charge is 2.01. The summed E-state index contributed by atoms with van der Waals surface area (Å²) in [6, 6.07) is 3.29. The van der Waals surface area contributed by atoms with Gasteiger partial charge in [-0.3, -0.25) is 0 Å². The largest absolute Gasteiger partial charge is 0.115 e. The van der Waals surface area contributed by atoms with Crippen LogP contribution in [0.15, 0.2) is 12.1 Å². The highest BCUT2D eigenvalue weighted by atomic mass is 35.5. The van der Waals surface area contributed by atoms with Gasteiger partial charge in [-0.1, -0.05) is 29.1 Å². The van der Waals surface area contributed by atoms with Crippen molar-refractivity contribution >= 4 is 23.2 Å². The van der Waals surface area contributed by atoms with Crippen molar-refractivity contribution in [2.45, 2.75) is 0 Å². The summed E-state index contributed by atoms with van der Waals surface area (Å²) in [7, 11) is 0. The molecule has 0 heterocycles. The molecule has 55 valence electrons. The van der Waals surface area contributed by atoms with Crippen molar-refractivity contribution in [2.24, 2.45) is 0 Å². The van der Waals surface area contributed by atoms with Gasteiger partial charge in [0.1, 0.15) is 0 Å². The Bertz CT molecular complexity index is 298. The zero-order valence-corrected chi connectivity index (χ0v) is 7.21. The van der Waals surface area contributed by atoms with E-state index in [2.05, 4.69) is 12.8 Å². The number of hydrogen-bond donors (Lipinski definition) is 0. The Morgan fingerprint density at radius 3 is 2.45 bits per heavy atom. The third-order valence-corrected chi connectivity index (χ3v) is 1.80. The summed E-state index contributed by atoms with van der Waals surface area (Å²) in [6.45, 7) is 3.70. The van der Waals surface area contributed by atoms with Gasteiger partial charge in [-0.25, -0.2) is 0 Å². The van der Waals surface area contributed by atoms with Crippen LogP contribution in [0.5, 0.6) is 0 Å². The lowest BCUT2D eigenvalue weighted by Gasteiger charge is -2.00. The Balaban J connectivity index is 3.40. The molecule has 0 aliphatic carbocycles. The van der Waals surface area contributed by atoms with E-state index in [-0.39, 0.29) is 0 Å². The zero-order chi connectivity index (χ0) is 8.43. The van der Waals surface area contributed by atoms with Gasteiger partial charge in [0.25, 0.3) is 0 Å². The van der Waals surface area contributed by atoms with Crippen LogP contribution in [-0.2, 0) is 0 Å². The Labute approximate surface area is 76.1 Å². The van der Waals surface area contributed by atoms with E-state index in [0.29, 0.717) is 21.2 Å². The maximum atomic E-state index is 5.77. The second-order valence-corrected chi connectivity index (χ2v) is 2.91. The van der Waals surface area contributed by atoms with E-state index in [1.165, 1.54) is 0 Å². The molecule has 11 heavy (non-hydrogen) atoms. The fraction of sp³-hybridized carbons (Fsp3) is 0. The molecule has 0 fully saturated rings. The van der Waals surface area contributed by atoms with Crippen molar-refractivity contribution < 1.29 is 0 Å². The first kappa shape index (κ1) is 8.46. The van der Waals surface area contributed by atoms with Gasteiger partial charge < -0.3 is 0 Å². The van der Waals surface area contributed by atoms with E-state index >= 15 is 0 Å². The van der Waals surface area contributed by atoms with Gasteiger partial charge in [-0.05, 0) is 24.6 Å². The molecule has 1 aromatic rings. The lowest BCUT2D eigenvalue weighted by Crippen LogP contribution is -1.83. The Morgan fingerprint density at radius 2 is 2.00 bits per heavy atom. The number of terminal acetylenes is 1. The van der Waals surface area contributed by atoms with Gasteiger partial charge in [-0.2, -0.15) is 0 Å². The molecule has 0 aliphatic rings. The van der Waals surface area contributed by atoms with Crippen LogP contribution in [0, 0.1) is 19.3 Å². The summed E-state index contributed by atoms with van der Waals surface area (Å²) >= 11 is 11.5. The Morgan fingerprint density at radius 1 is 1.36 bits per heavy atom. The lowest BCUT2D eigenvalue weighted by atomic mass is 10.1. The van der Waals surface area contributed by atoms with Crippen molar-refractivity contribution in [1.29, 1.82) is 0 Å². The van der Waals surface area contributed by atoms with Crippen LogP contribution >= 0.6 is 23.2 Å². The molecule has 0 bridgehead atoms. The summed E-state index contributed by atoms with van der Waals surface area (Å²) in [6.07, 6.45) is 5.18. The van der Waals surface area contributed by atoms with Crippen molar-refractivity contribution in [1.82, 2.24) is 0 Å². The summed E-state index contributed by atoms with van der Waals surface area (Å²) in [5.41, 5.74) is 1.29. The molecule has 0 saturated carbocycles. The molecule has 2 heteroatoms. The second kappa shape index (κ2) is 3.17. The quantitative estimate of drug-likeness (QED) is 0.543. The summed E-state index contributed by atoms with van der Waals surface area (Å²) < 4.78 is 0. The lowest BCUT2D eigenvalue weighted by molar-refractivity contribution is 1.56. The Kier molecular flexibility index (Phi) is 2.44. The van der Waals surface area contributed by atoms with Crippen molar-refractivity contribution in [3.63, 3.8) is 0 Å². The molecule has 0 spiro atoms. The Hall–Kier alpha value is -0.640. The summed E-state index contributed by atoms with van der Waals surface area (Å²) in [4.78, 5) is 0. The molecule has 1 radical (unpaired) electrons. The smallest absolute Gasteiger partial charge is 0.0580 e. The van der Waals surface area contributed by atoms with Gasteiger partial charge in [0.15, 0.2) is 0 Å². The topological polar surface area (TPSA) is 0 Å². The third-order valence-electron chi connectivity index (χ3n) is 1.28. The van der Waals surface area contributed by atoms with E-state index in [4.69, 9.17) is 29.6 Å². The number of halogens is 2. The van der Waals surface area contributed by atoms with Gasteiger partial charge in [-0.15, -0.1) is 6.42 Å². The molecule has 0 aliphatic heterocycles. The monoisotopic (exact) mass is 183 g/mol. The minimum atomic E-state index is 0.477. The molecule has 0 nitrogen and oxygen atoms in total. The molecule has 0 aromatic heterocycles. The first-order valence-corrected chi connectivity index (χ1v) is 3.68. The predicted octanol–water partition coefficient (Wildman–Crippen LogP) is 3.16. The molecule has 0 unspecified atom stereocenters. The standard InChI is InChI=1S/C9H5Cl2/c1-3-8-6(2)4-7(10)5-9(8)11/h1,4-5H,2H2. The van der Waals surface area contributed by atoms with Crippen LogP contribution in [-0.4, -0.2) is 0 Å². The number of rotatable bonds is 0. The SMILES string of the molecule is C#Cc1c([CH2])cc(Cl)cc1Cl. The van der Waals surface area contributed by atoms with Crippen LogP contribution in [0.3, 0.4) is 0 Å². The van der Waals surface area contributed by atoms with E-state index < -0.39 is 0 Å². The first-order chi connectivity index (χ1) is 5.15. The van der Waals surface area contributed by atoms with Gasteiger partial charge in [0, 0.05) is 10.6 Å². The molecule has 1 rings (SSSR count). The number of hydrogen-bond acceptors (Lipinski definition) is 0. The predicted molar refractivity (Wildman–Crippen MR) is 48.9 cm³/mol. The fourth-order valence-corrected chi connectivity index (χ4v) is 1.38. The van der Waals surface area contributed by atoms with E-state index in [9.17, 15) is 0 Å². The summed E-state index contributed by atoms with van der Waals surface area (Å²) in [5.74, 6) is 2.44. The normalized spacial score (nSPS) is 9.27. The average Bonchev–Trinajstić information content (AvgIpc) is 1.85. The average molecular weight is 184 g/mol. The van der Waals surface area contributed by atoms with Crippen molar-refractivity contribution in [3.05, 3.63) is 40.2 Å². The molecule has 0 amide bonds. The molecule has 0 atom stereocenters. The first-order valence-electron chi connectivity index (χ1n) is 2.92. The third kappa shape index (κ3) is 1.68. The maximum Gasteiger partial charge on any atom is 0.0580 e. The molecule has 0 saturated heterocycles. The fourth-order valence-electron chi connectivity index (χ4n) is 0.789. The van der Waals surface area contributed by atoms with Gasteiger partial charge >= 0.3 is 0 Å². The zero-order valence-electron chi connectivity index (χ0n) is 5.70. The van der Waals surface area contributed by atoms with Crippen LogP contribution in [0.2, 0.25) is 10.0 Å². The van der Waals surface area contributed by atoms with E-state index in [0.717, 1.165) is 0 Å². The maximum absolute atomic E-state index is 5.77. The summed E-state index contributed by atoms with van der Waals surface area (Å²) in [5, 5.41) is 1.03. The van der Waals surface area contributed by atoms with Crippen molar-refractivity contribution in [2.75, 3.05) is 0 Å². The van der Waals surface area contributed by atoms with E-state index in [1.54, 1.807) is 12.1 Å². The highest BCUT2D eigenvalue weighted by Crippen LogP contribution is 2.23. The molecule has 1 aromatic carbocycles. The number of benzene rings is 1. The second-order valence-electron chi connectivity index (χ2n) is 2.07. The van der Waals surface area contributed by atoms with Gasteiger partial charge in [0.05, 0.1) is 5.02 Å². The van der Waals surface area contributed by atoms with Crippen LogP contribution in [0.4, 0.5) is 0 Å². The molecule has 0 N–H and O–H groups in total. The van der Waals surface area contributed by atoms with Crippen molar-refractivity contribution in [3.8, 4) is 12.3 Å². The van der Waals surface area contributed by atoms with Crippen LogP contribution < -0.4 is 0 Å². The van der Waals surface area contributed by atoms with E-state index in [1.807, 2.05) is 0 Å².